The van der Waals surface area contributed by atoms with Gasteiger partial charge in [-0.15, -0.1) is 0 Å². The molecule has 5 nitrogen and oxygen atoms in total. The molecule has 0 saturated carbocycles. The molecule has 3 aromatic rings. The summed E-state index contributed by atoms with van der Waals surface area (Å²) in [7, 11) is 0. The van der Waals surface area contributed by atoms with Gasteiger partial charge in [-0.25, -0.2) is 0 Å². The Morgan fingerprint density at radius 1 is 0.871 bits per heavy atom. The van der Waals surface area contributed by atoms with Crippen LogP contribution in [0.15, 0.2) is 78.4 Å². The van der Waals surface area contributed by atoms with E-state index in [-0.39, 0.29) is 10.7 Å². The van der Waals surface area contributed by atoms with Gasteiger partial charge in [-0.2, -0.15) is 0 Å². The summed E-state index contributed by atoms with van der Waals surface area (Å²) in [5.41, 5.74) is 3.47. The Morgan fingerprint density at radius 2 is 1.48 bits per heavy atom. The quantitative estimate of drug-likeness (QED) is 0.364. The number of carbonyl (C=O) groups excluding carboxylic acids is 2. The fourth-order valence-electron chi connectivity index (χ4n) is 3.44. The maximum absolute atomic E-state index is 13.2. The monoisotopic (exact) mass is 428 g/mol. The molecule has 2 amide bonds. The molecule has 1 aliphatic heterocycles. The highest BCUT2D eigenvalue weighted by molar-refractivity contribution is 7.80. The minimum atomic E-state index is -0.505. The average molecular weight is 429 g/mol. The lowest BCUT2D eigenvalue weighted by Gasteiger charge is -2.29. The number of anilines is 1. The highest BCUT2D eigenvalue weighted by Crippen LogP contribution is 2.27. The van der Waals surface area contributed by atoms with Crippen LogP contribution in [0.25, 0.3) is 6.08 Å². The lowest BCUT2D eigenvalue weighted by atomic mass is 10.0. The summed E-state index contributed by atoms with van der Waals surface area (Å²) >= 11 is 5.27. The summed E-state index contributed by atoms with van der Waals surface area (Å²) in [4.78, 5) is 27.0. The van der Waals surface area contributed by atoms with Crippen LogP contribution in [0.5, 0.6) is 11.5 Å². The number of carbonyl (C=O) groups is 2. The Kier molecular flexibility index (Phi) is 5.64. The van der Waals surface area contributed by atoms with Crippen molar-refractivity contribution in [3.8, 4) is 11.5 Å². The van der Waals surface area contributed by atoms with Gasteiger partial charge in [0.15, 0.2) is 5.11 Å². The fraction of sp³-hybridized carbons (Fsp3) is 0.0800. The van der Waals surface area contributed by atoms with Crippen LogP contribution in [-0.4, -0.2) is 16.9 Å². The summed E-state index contributed by atoms with van der Waals surface area (Å²) < 4.78 is 5.80. The lowest BCUT2D eigenvalue weighted by molar-refractivity contribution is -0.122. The molecule has 0 radical (unpaired) electrons. The second kappa shape index (κ2) is 8.53. The number of hydrogen-bond acceptors (Lipinski definition) is 4. The summed E-state index contributed by atoms with van der Waals surface area (Å²) in [6.45, 7) is 3.94. The Balaban J connectivity index is 1.61. The molecule has 0 bridgehead atoms. The molecule has 6 heteroatoms. The average Bonchev–Trinajstić information content (AvgIpc) is 2.72. The van der Waals surface area contributed by atoms with Crippen LogP contribution in [0.3, 0.4) is 0 Å². The molecule has 3 aromatic carbocycles. The van der Waals surface area contributed by atoms with Gasteiger partial charge in [-0.1, -0.05) is 47.5 Å². The van der Waals surface area contributed by atoms with E-state index in [1.54, 1.807) is 30.3 Å². The number of amides is 2. The zero-order valence-corrected chi connectivity index (χ0v) is 17.9. The smallest absolute Gasteiger partial charge is 0.270 e. The SMILES string of the molecule is Cc1cc(C)cc(C=C2C(=O)NC(=S)N(c3ccc(Oc4ccccc4)cc3)C2=O)c1. The van der Waals surface area contributed by atoms with E-state index in [4.69, 9.17) is 17.0 Å². The molecule has 1 heterocycles. The van der Waals surface area contributed by atoms with Crippen LogP contribution in [0.2, 0.25) is 0 Å². The first kappa shape index (κ1) is 20.5. The van der Waals surface area contributed by atoms with E-state index in [1.807, 2.05) is 62.4 Å². The van der Waals surface area contributed by atoms with Crippen molar-refractivity contribution in [3.05, 3.63) is 95.1 Å². The Labute approximate surface area is 186 Å². The third kappa shape index (κ3) is 4.54. The number of rotatable bonds is 4. The molecule has 1 N–H and O–H groups in total. The number of hydrogen-bond donors (Lipinski definition) is 1. The Morgan fingerprint density at radius 3 is 2.13 bits per heavy atom. The second-order valence-electron chi connectivity index (χ2n) is 7.29. The molecule has 0 aliphatic carbocycles. The van der Waals surface area contributed by atoms with Gasteiger partial charge >= 0.3 is 0 Å². The standard InChI is InChI=1S/C25H20N2O3S/c1-16-12-17(2)14-18(13-16)15-22-23(28)26-25(31)27(24(22)29)19-8-10-21(11-9-19)30-20-6-4-3-5-7-20/h3-15H,1-2H3,(H,26,28,31). The molecule has 0 aromatic heterocycles. The number of nitrogens with one attached hydrogen (secondary N) is 1. The van der Waals surface area contributed by atoms with E-state index in [0.717, 1.165) is 16.7 Å². The predicted molar refractivity (Wildman–Crippen MR) is 125 cm³/mol. The summed E-state index contributed by atoms with van der Waals surface area (Å²) in [6.07, 6.45) is 1.60. The summed E-state index contributed by atoms with van der Waals surface area (Å²) in [5.74, 6) is 0.366. The molecule has 1 saturated heterocycles. The van der Waals surface area contributed by atoms with Crippen LogP contribution in [0.1, 0.15) is 16.7 Å². The van der Waals surface area contributed by atoms with Crippen molar-refractivity contribution >= 4 is 40.9 Å². The number of aryl methyl sites for hydroxylation is 2. The van der Waals surface area contributed by atoms with E-state index >= 15 is 0 Å². The molecule has 154 valence electrons. The molecule has 1 fully saturated rings. The van der Waals surface area contributed by atoms with Crippen molar-refractivity contribution in [2.45, 2.75) is 13.8 Å². The highest BCUT2D eigenvalue weighted by atomic mass is 32.1. The third-order valence-electron chi connectivity index (χ3n) is 4.73. The fourth-order valence-corrected chi connectivity index (χ4v) is 3.72. The zero-order chi connectivity index (χ0) is 22.0. The van der Waals surface area contributed by atoms with Crippen molar-refractivity contribution in [3.63, 3.8) is 0 Å². The number of ether oxygens (including phenoxy) is 1. The maximum atomic E-state index is 13.2. The zero-order valence-electron chi connectivity index (χ0n) is 17.1. The van der Waals surface area contributed by atoms with Crippen LogP contribution in [0, 0.1) is 13.8 Å². The van der Waals surface area contributed by atoms with Gasteiger partial charge in [0.25, 0.3) is 11.8 Å². The summed E-state index contributed by atoms with van der Waals surface area (Å²) in [5, 5.41) is 2.66. The first-order valence-corrected chi connectivity index (χ1v) is 10.1. The van der Waals surface area contributed by atoms with E-state index in [2.05, 4.69) is 5.32 Å². The molecule has 0 unspecified atom stereocenters. The topological polar surface area (TPSA) is 58.6 Å². The maximum Gasteiger partial charge on any atom is 0.270 e. The molecular weight excluding hydrogens is 408 g/mol. The largest absolute Gasteiger partial charge is 0.457 e. The van der Waals surface area contributed by atoms with Gasteiger partial charge in [-0.3, -0.25) is 19.8 Å². The molecule has 31 heavy (non-hydrogen) atoms. The van der Waals surface area contributed by atoms with Crippen molar-refractivity contribution in [2.75, 3.05) is 4.90 Å². The lowest BCUT2D eigenvalue weighted by Crippen LogP contribution is -2.54. The number of nitrogens with zero attached hydrogens (tertiary/aromatic N) is 1. The van der Waals surface area contributed by atoms with Crippen molar-refractivity contribution in [1.82, 2.24) is 5.32 Å². The van der Waals surface area contributed by atoms with E-state index < -0.39 is 11.8 Å². The first-order valence-electron chi connectivity index (χ1n) is 9.73. The molecule has 1 aliphatic rings. The van der Waals surface area contributed by atoms with Crippen LogP contribution in [-0.2, 0) is 9.59 Å². The van der Waals surface area contributed by atoms with Crippen molar-refractivity contribution in [1.29, 1.82) is 0 Å². The second-order valence-corrected chi connectivity index (χ2v) is 7.67. The predicted octanol–water partition coefficient (Wildman–Crippen LogP) is 4.93. The third-order valence-corrected chi connectivity index (χ3v) is 5.02. The van der Waals surface area contributed by atoms with Gasteiger partial charge in [-0.05, 0) is 74.1 Å². The number of benzene rings is 3. The normalized spacial score (nSPS) is 15.2. The van der Waals surface area contributed by atoms with E-state index in [1.165, 1.54) is 4.90 Å². The number of para-hydroxylation sites is 1. The minimum Gasteiger partial charge on any atom is -0.457 e. The van der Waals surface area contributed by atoms with E-state index in [0.29, 0.717) is 17.2 Å². The Hall–Kier alpha value is -3.77. The van der Waals surface area contributed by atoms with Gasteiger partial charge in [0.2, 0.25) is 0 Å². The molecule has 0 atom stereocenters. The van der Waals surface area contributed by atoms with Crippen molar-refractivity contribution in [2.24, 2.45) is 0 Å². The highest BCUT2D eigenvalue weighted by Gasteiger charge is 2.34. The van der Waals surface area contributed by atoms with Gasteiger partial charge < -0.3 is 4.74 Å². The van der Waals surface area contributed by atoms with Gasteiger partial charge in [0.05, 0.1) is 5.69 Å². The van der Waals surface area contributed by atoms with Crippen LogP contribution < -0.4 is 15.0 Å². The van der Waals surface area contributed by atoms with Gasteiger partial charge in [0.1, 0.15) is 17.1 Å². The van der Waals surface area contributed by atoms with Crippen molar-refractivity contribution < 1.29 is 14.3 Å². The minimum absolute atomic E-state index is 0.0308. The number of thiocarbonyl (C=S) groups is 1. The first-order chi connectivity index (χ1) is 14.9. The molecular formula is C25H20N2O3S. The molecule has 4 rings (SSSR count). The van der Waals surface area contributed by atoms with Gasteiger partial charge in [0, 0.05) is 0 Å². The van der Waals surface area contributed by atoms with Crippen LogP contribution >= 0.6 is 12.2 Å². The summed E-state index contributed by atoms with van der Waals surface area (Å²) in [6, 6.07) is 22.3. The molecule has 0 spiro atoms. The van der Waals surface area contributed by atoms with Crippen LogP contribution in [0.4, 0.5) is 5.69 Å². The van der Waals surface area contributed by atoms with E-state index in [9.17, 15) is 9.59 Å². The Bertz CT molecular complexity index is 1180.